The smallest absolute Gasteiger partial charge is 0.236 e. The van der Waals surface area contributed by atoms with Gasteiger partial charge in [-0.2, -0.15) is 0 Å². The Morgan fingerprint density at radius 3 is 2.33 bits per heavy atom. The number of hydrogen-bond acceptors (Lipinski definition) is 2. The molecule has 18 heavy (non-hydrogen) atoms. The lowest BCUT2D eigenvalue weighted by Crippen LogP contribution is -2.38. The van der Waals surface area contributed by atoms with E-state index >= 15 is 0 Å². The molecule has 0 heterocycles. The van der Waals surface area contributed by atoms with E-state index in [-0.39, 0.29) is 17.8 Å². The summed E-state index contributed by atoms with van der Waals surface area (Å²) in [4.78, 5) is 13.6. The summed E-state index contributed by atoms with van der Waals surface area (Å²) in [6.45, 7) is 7.64. The molecule has 1 amide bonds. The van der Waals surface area contributed by atoms with Gasteiger partial charge in [-0.3, -0.25) is 4.79 Å². The molecule has 0 aliphatic heterocycles. The molecule has 0 unspecified atom stereocenters. The van der Waals surface area contributed by atoms with Crippen molar-refractivity contribution < 1.29 is 9.18 Å². The molecule has 1 aromatic carbocycles. The molecule has 0 saturated carbocycles. The topological polar surface area (TPSA) is 32.3 Å². The molecule has 0 aliphatic carbocycles. The van der Waals surface area contributed by atoms with E-state index in [1.165, 1.54) is 12.1 Å². The molecule has 4 heteroatoms. The molecule has 0 fully saturated rings. The Hall–Kier alpha value is -1.42. The van der Waals surface area contributed by atoms with Gasteiger partial charge in [0.1, 0.15) is 5.82 Å². The molecule has 0 radical (unpaired) electrons. The van der Waals surface area contributed by atoms with Crippen LogP contribution in [0.1, 0.15) is 32.4 Å². The van der Waals surface area contributed by atoms with Crippen LogP contribution in [0.3, 0.4) is 0 Å². The van der Waals surface area contributed by atoms with E-state index in [1.54, 1.807) is 17.0 Å². The summed E-state index contributed by atoms with van der Waals surface area (Å²) in [5.74, 6) is -0.154. The van der Waals surface area contributed by atoms with Crippen molar-refractivity contribution in [1.82, 2.24) is 10.2 Å². The maximum absolute atomic E-state index is 12.8. The van der Waals surface area contributed by atoms with E-state index in [2.05, 4.69) is 5.32 Å². The minimum atomic E-state index is -0.245. The fourth-order valence-electron chi connectivity index (χ4n) is 1.80. The highest BCUT2D eigenvalue weighted by molar-refractivity contribution is 5.78. The normalized spacial score (nSPS) is 12.2. The van der Waals surface area contributed by atoms with Crippen molar-refractivity contribution in [2.45, 2.75) is 26.8 Å². The molecule has 100 valence electrons. The van der Waals surface area contributed by atoms with Gasteiger partial charge in [-0.15, -0.1) is 0 Å². The Morgan fingerprint density at radius 1 is 1.28 bits per heavy atom. The summed E-state index contributed by atoms with van der Waals surface area (Å²) < 4.78 is 12.8. The fourth-order valence-corrected chi connectivity index (χ4v) is 1.80. The van der Waals surface area contributed by atoms with Crippen molar-refractivity contribution in [3.05, 3.63) is 35.6 Å². The van der Waals surface area contributed by atoms with E-state index in [4.69, 9.17) is 0 Å². The second-order valence-electron chi connectivity index (χ2n) is 4.22. The number of nitrogens with zero attached hydrogens (tertiary/aromatic N) is 1. The lowest BCUT2D eigenvalue weighted by molar-refractivity contribution is -0.129. The zero-order chi connectivity index (χ0) is 13.5. The van der Waals surface area contributed by atoms with Gasteiger partial charge in [0.2, 0.25) is 5.91 Å². The fraction of sp³-hybridized carbons (Fsp3) is 0.500. The van der Waals surface area contributed by atoms with Crippen LogP contribution in [0.25, 0.3) is 0 Å². The highest BCUT2D eigenvalue weighted by atomic mass is 19.1. The zero-order valence-corrected chi connectivity index (χ0v) is 11.2. The summed E-state index contributed by atoms with van der Waals surface area (Å²) in [5.41, 5.74) is 0.976. The summed E-state index contributed by atoms with van der Waals surface area (Å²) in [6.07, 6.45) is 0. The first-order valence-corrected chi connectivity index (χ1v) is 6.35. The first-order valence-electron chi connectivity index (χ1n) is 6.35. The predicted molar refractivity (Wildman–Crippen MR) is 70.7 cm³/mol. The van der Waals surface area contributed by atoms with Crippen LogP contribution in [-0.4, -0.2) is 30.4 Å². The second-order valence-corrected chi connectivity index (χ2v) is 4.22. The molecule has 1 aromatic rings. The zero-order valence-electron chi connectivity index (χ0n) is 11.2. The number of halogens is 1. The number of hydrogen-bond donors (Lipinski definition) is 1. The summed E-state index contributed by atoms with van der Waals surface area (Å²) in [7, 11) is 0. The average Bonchev–Trinajstić information content (AvgIpc) is 2.38. The number of carbonyl (C=O) groups is 1. The van der Waals surface area contributed by atoms with Gasteiger partial charge >= 0.3 is 0 Å². The van der Waals surface area contributed by atoms with Gasteiger partial charge < -0.3 is 10.2 Å². The highest BCUT2D eigenvalue weighted by Crippen LogP contribution is 2.12. The Labute approximate surface area is 108 Å². The minimum absolute atomic E-state index is 0.0325. The largest absolute Gasteiger partial charge is 0.342 e. The Kier molecular flexibility index (Phi) is 5.78. The van der Waals surface area contributed by atoms with E-state index in [9.17, 15) is 9.18 Å². The van der Waals surface area contributed by atoms with Crippen molar-refractivity contribution in [3.63, 3.8) is 0 Å². The van der Waals surface area contributed by atoms with Crippen molar-refractivity contribution in [2.75, 3.05) is 19.6 Å². The number of rotatable bonds is 6. The second kappa shape index (κ2) is 7.11. The maximum atomic E-state index is 12.8. The standard InChI is InChI=1S/C14H21FN2O/c1-4-17(5-2)14(18)10-16-11(3)12-6-8-13(15)9-7-12/h6-9,11,16H,4-5,10H2,1-3H3/t11-/m1/s1. The molecule has 0 aliphatic rings. The van der Waals surface area contributed by atoms with Crippen LogP contribution >= 0.6 is 0 Å². The first-order chi connectivity index (χ1) is 8.58. The number of amides is 1. The Morgan fingerprint density at radius 2 is 1.83 bits per heavy atom. The van der Waals surface area contributed by atoms with Crippen LogP contribution in [0.2, 0.25) is 0 Å². The monoisotopic (exact) mass is 252 g/mol. The average molecular weight is 252 g/mol. The Bertz CT molecular complexity index is 374. The molecule has 1 atom stereocenters. The van der Waals surface area contributed by atoms with Crippen LogP contribution in [0.15, 0.2) is 24.3 Å². The van der Waals surface area contributed by atoms with E-state index in [0.29, 0.717) is 6.54 Å². The van der Waals surface area contributed by atoms with Crippen molar-refractivity contribution in [2.24, 2.45) is 0 Å². The van der Waals surface area contributed by atoms with Crippen molar-refractivity contribution in [1.29, 1.82) is 0 Å². The van der Waals surface area contributed by atoms with E-state index in [0.717, 1.165) is 18.7 Å². The molecular weight excluding hydrogens is 231 g/mol. The van der Waals surface area contributed by atoms with Gasteiger partial charge in [0.25, 0.3) is 0 Å². The summed E-state index contributed by atoms with van der Waals surface area (Å²) >= 11 is 0. The maximum Gasteiger partial charge on any atom is 0.236 e. The molecule has 0 saturated heterocycles. The number of nitrogens with one attached hydrogen (secondary N) is 1. The molecule has 3 nitrogen and oxygen atoms in total. The van der Waals surface area contributed by atoms with Gasteiger partial charge in [-0.1, -0.05) is 12.1 Å². The molecule has 0 aromatic heterocycles. The van der Waals surface area contributed by atoms with Crippen LogP contribution in [0.5, 0.6) is 0 Å². The molecule has 0 spiro atoms. The molecule has 1 N–H and O–H groups in total. The van der Waals surface area contributed by atoms with Crippen LogP contribution in [-0.2, 0) is 4.79 Å². The third-order valence-electron chi connectivity index (χ3n) is 3.05. The number of carbonyl (C=O) groups excluding carboxylic acids is 1. The lowest BCUT2D eigenvalue weighted by Gasteiger charge is -2.21. The predicted octanol–water partition coefficient (Wildman–Crippen LogP) is 2.34. The van der Waals surface area contributed by atoms with Crippen LogP contribution in [0, 0.1) is 5.82 Å². The van der Waals surface area contributed by atoms with Gasteiger partial charge in [-0.05, 0) is 38.5 Å². The van der Waals surface area contributed by atoms with Gasteiger partial charge in [0.15, 0.2) is 0 Å². The molecule has 1 rings (SSSR count). The molecular formula is C14H21FN2O. The van der Waals surface area contributed by atoms with Gasteiger partial charge in [0.05, 0.1) is 6.54 Å². The van der Waals surface area contributed by atoms with E-state index < -0.39 is 0 Å². The Balaban J connectivity index is 2.48. The van der Waals surface area contributed by atoms with Crippen molar-refractivity contribution in [3.8, 4) is 0 Å². The number of benzene rings is 1. The van der Waals surface area contributed by atoms with Crippen LogP contribution in [0.4, 0.5) is 4.39 Å². The third-order valence-corrected chi connectivity index (χ3v) is 3.05. The van der Waals surface area contributed by atoms with Crippen LogP contribution < -0.4 is 5.32 Å². The van der Waals surface area contributed by atoms with E-state index in [1.807, 2.05) is 20.8 Å². The minimum Gasteiger partial charge on any atom is -0.342 e. The quantitative estimate of drug-likeness (QED) is 0.843. The lowest BCUT2D eigenvalue weighted by atomic mass is 10.1. The van der Waals surface area contributed by atoms with Crippen molar-refractivity contribution >= 4 is 5.91 Å². The first kappa shape index (κ1) is 14.6. The summed E-state index contributed by atoms with van der Waals surface area (Å²) in [6, 6.07) is 6.36. The summed E-state index contributed by atoms with van der Waals surface area (Å²) in [5, 5.41) is 3.15. The van der Waals surface area contributed by atoms with Gasteiger partial charge in [0, 0.05) is 19.1 Å². The third kappa shape index (κ3) is 4.11. The SMILES string of the molecule is CCN(CC)C(=O)CN[C@H](C)c1ccc(F)cc1. The molecule has 0 bridgehead atoms. The highest BCUT2D eigenvalue weighted by Gasteiger charge is 2.11. The van der Waals surface area contributed by atoms with Gasteiger partial charge in [-0.25, -0.2) is 4.39 Å². The number of likely N-dealkylation sites (N-methyl/N-ethyl adjacent to an activating group) is 1.